The van der Waals surface area contributed by atoms with E-state index in [1.54, 1.807) is 23.3 Å². The van der Waals surface area contributed by atoms with Crippen molar-refractivity contribution in [3.8, 4) is 18.1 Å². The molecule has 1 aromatic carbocycles. The van der Waals surface area contributed by atoms with E-state index in [2.05, 4.69) is 12.8 Å². The van der Waals surface area contributed by atoms with Crippen LogP contribution in [0.3, 0.4) is 0 Å². The largest absolute Gasteiger partial charge is 0.403 e. The number of hydroxylamine groups is 2. The van der Waals surface area contributed by atoms with Gasteiger partial charge in [0.1, 0.15) is 0 Å². The van der Waals surface area contributed by atoms with Crippen molar-refractivity contribution in [1.29, 1.82) is 0 Å². The Morgan fingerprint density at radius 2 is 2.19 bits per heavy atom. The highest BCUT2D eigenvalue weighted by Crippen LogP contribution is 2.28. The maximum absolute atomic E-state index is 5.99. The van der Waals surface area contributed by atoms with Crippen LogP contribution in [0.1, 0.15) is 13.3 Å². The number of terminal acetylenes is 1. The summed E-state index contributed by atoms with van der Waals surface area (Å²) in [6.45, 7) is 3.23. The molecule has 86 valence electrons. The minimum absolute atomic E-state index is 0.423. The summed E-state index contributed by atoms with van der Waals surface area (Å²) in [6, 6.07) is 5.09. The third kappa shape index (κ3) is 3.94. The fraction of sp³-hybridized carbons (Fsp3) is 0.333. The zero-order valence-electron chi connectivity index (χ0n) is 9.04. The maximum atomic E-state index is 5.99. The molecule has 0 saturated carbocycles. The smallest absolute Gasteiger partial charge is 0.166 e. The third-order valence-electron chi connectivity index (χ3n) is 1.86. The molecule has 0 unspecified atom stereocenters. The Morgan fingerprint density at radius 3 is 2.75 bits per heavy atom. The van der Waals surface area contributed by atoms with Crippen LogP contribution in [0.5, 0.6) is 5.75 Å². The molecule has 16 heavy (non-hydrogen) atoms. The van der Waals surface area contributed by atoms with Crippen LogP contribution in [0.2, 0.25) is 10.0 Å². The molecular weight excluding hydrogens is 245 g/mol. The molecule has 0 spiro atoms. The molecule has 0 atom stereocenters. The predicted molar refractivity (Wildman–Crippen MR) is 67.8 cm³/mol. The van der Waals surface area contributed by atoms with Gasteiger partial charge in [0.05, 0.1) is 11.6 Å². The molecule has 4 heteroatoms. The lowest BCUT2D eigenvalue weighted by atomic mass is 10.3. The Morgan fingerprint density at radius 1 is 1.44 bits per heavy atom. The lowest BCUT2D eigenvalue weighted by Gasteiger charge is -2.20. The van der Waals surface area contributed by atoms with Crippen LogP contribution in [-0.2, 0) is 0 Å². The number of hydrogen-bond donors (Lipinski definition) is 0. The average Bonchev–Trinajstić information content (AvgIpc) is 2.23. The number of nitrogens with zero attached hydrogens (tertiary/aromatic N) is 1. The van der Waals surface area contributed by atoms with E-state index >= 15 is 0 Å². The summed E-state index contributed by atoms with van der Waals surface area (Å²) < 4.78 is 0. The van der Waals surface area contributed by atoms with E-state index in [0.717, 1.165) is 13.0 Å². The van der Waals surface area contributed by atoms with Gasteiger partial charge in [-0.2, -0.15) is 0 Å². The number of hydrogen-bond acceptors (Lipinski definition) is 2. The van der Waals surface area contributed by atoms with E-state index in [-0.39, 0.29) is 0 Å². The van der Waals surface area contributed by atoms with Crippen LogP contribution >= 0.6 is 23.2 Å². The Hall–Kier alpha value is -0.880. The summed E-state index contributed by atoms with van der Waals surface area (Å²) in [5, 5.41) is 2.75. The van der Waals surface area contributed by atoms with Crippen LogP contribution in [0, 0.1) is 12.3 Å². The summed E-state index contributed by atoms with van der Waals surface area (Å²) in [4.78, 5) is 5.58. The van der Waals surface area contributed by atoms with Gasteiger partial charge in [-0.1, -0.05) is 36.0 Å². The van der Waals surface area contributed by atoms with Gasteiger partial charge in [-0.15, -0.1) is 11.5 Å². The highest BCUT2D eigenvalue weighted by Gasteiger charge is 2.08. The SMILES string of the molecule is C#CCN(CCC)Oc1ccc(Cl)cc1Cl. The van der Waals surface area contributed by atoms with Crippen LogP contribution in [0.25, 0.3) is 0 Å². The van der Waals surface area contributed by atoms with Gasteiger partial charge in [-0.3, -0.25) is 0 Å². The van der Waals surface area contributed by atoms with Gasteiger partial charge in [-0.05, 0) is 24.6 Å². The summed E-state index contributed by atoms with van der Waals surface area (Å²) >= 11 is 11.8. The molecule has 0 bridgehead atoms. The van der Waals surface area contributed by atoms with E-state index in [1.807, 2.05) is 0 Å². The fourth-order valence-electron chi connectivity index (χ4n) is 1.20. The number of rotatable bonds is 5. The molecule has 0 fully saturated rings. The van der Waals surface area contributed by atoms with Crippen molar-refractivity contribution < 1.29 is 4.84 Å². The summed E-state index contributed by atoms with van der Waals surface area (Å²) in [5.41, 5.74) is 0. The van der Waals surface area contributed by atoms with Crippen molar-refractivity contribution in [3.05, 3.63) is 28.2 Å². The normalized spacial score (nSPS) is 10.2. The van der Waals surface area contributed by atoms with Gasteiger partial charge in [0.2, 0.25) is 0 Å². The monoisotopic (exact) mass is 257 g/mol. The quantitative estimate of drug-likeness (QED) is 0.590. The predicted octanol–water partition coefficient (Wildman–Crippen LogP) is 3.63. The summed E-state index contributed by atoms with van der Waals surface area (Å²) in [7, 11) is 0. The van der Waals surface area contributed by atoms with Crippen molar-refractivity contribution in [3.63, 3.8) is 0 Å². The molecule has 0 radical (unpaired) electrons. The molecule has 1 rings (SSSR count). The lowest BCUT2D eigenvalue weighted by Crippen LogP contribution is -2.28. The van der Waals surface area contributed by atoms with E-state index in [9.17, 15) is 0 Å². The van der Waals surface area contributed by atoms with E-state index < -0.39 is 0 Å². The Labute approximate surface area is 106 Å². The maximum Gasteiger partial charge on any atom is 0.166 e. The Balaban J connectivity index is 2.73. The molecule has 0 amide bonds. The van der Waals surface area contributed by atoms with Gasteiger partial charge < -0.3 is 4.84 Å². The first-order valence-corrected chi connectivity index (χ1v) is 5.74. The van der Waals surface area contributed by atoms with Crippen LogP contribution < -0.4 is 4.84 Å². The molecule has 1 aromatic rings. The second-order valence-corrected chi connectivity index (χ2v) is 4.08. The highest BCUT2D eigenvalue weighted by atomic mass is 35.5. The summed E-state index contributed by atoms with van der Waals surface area (Å²) in [6.07, 6.45) is 6.20. The van der Waals surface area contributed by atoms with E-state index in [0.29, 0.717) is 22.3 Å². The Kier molecular flexibility index (Phi) is 5.48. The average molecular weight is 258 g/mol. The van der Waals surface area contributed by atoms with Crippen molar-refractivity contribution in [2.75, 3.05) is 13.1 Å². The van der Waals surface area contributed by atoms with Gasteiger partial charge in [0.25, 0.3) is 0 Å². The zero-order chi connectivity index (χ0) is 12.0. The standard InChI is InChI=1S/C12H13Cl2NO/c1-3-7-15(8-4-2)16-12-6-5-10(13)9-11(12)14/h1,5-6,9H,4,7-8H2,2H3. The molecule has 0 aliphatic carbocycles. The topological polar surface area (TPSA) is 12.5 Å². The molecule has 0 aromatic heterocycles. The van der Waals surface area contributed by atoms with Crippen LogP contribution in [-0.4, -0.2) is 18.2 Å². The molecular formula is C12H13Cl2NO. The Bertz CT molecular complexity index is 387. The fourth-order valence-corrected chi connectivity index (χ4v) is 1.64. The van der Waals surface area contributed by atoms with Crippen LogP contribution in [0.15, 0.2) is 18.2 Å². The first-order chi connectivity index (χ1) is 7.67. The summed E-state index contributed by atoms with van der Waals surface area (Å²) in [5.74, 6) is 3.10. The minimum Gasteiger partial charge on any atom is -0.403 e. The van der Waals surface area contributed by atoms with Gasteiger partial charge in [0.15, 0.2) is 5.75 Å². The third-order valence-corrected chi connectivity index (χ3v) is 2.39. The first kappa shape index (κ1) is 13.2. The first-order valence-electron chi connectivity index (χ1n) is 4.98. The van der Waals surface area contributed by atoms with Crippen molar-refractivity contribution >= 4 is 23.2 Å². The number of halogens is 2. The van der Waals surface area contributed by atoms with Crippen LogP contribution in [0.4, 0.5) is 0 Å². The molecule has 0 aliphatic heterocycles. The molecule has 0 saturated heterocycles. The molecule has 0 aliphatic rings. The minimum atomic E-state index is 0.423. The second-order valence-electron chi connectivity index (χ2n) is 3.23. The lowest BCUT2D eigenvalue weighted by molar-refractivity contribution is -0.0451. The second kappa shape index (κ2) is 6.65. The highest BCUT2D eigenvalue weighted by molar-refractivity contribution is 6.35. The number of benzene rings is 1. The van der Waals surface area contributed by atoms with Crippen molar-refractivity contribution in [2.24, 2.45) is 0 Å². The van der Waals surface area contributed by atoms with Crippen molar-refractivity contribution in [1.82, 2.24) is 5.06 Å². The van der Waals surface area contributed by atoms with Gasteiger partial charge >= 0.3 is 0 Å². The van der Waals surface area contributed by atoms with E-state index in [4.69, 9.17) is 34.5 Å². The van der Waals surface area contributed by atoms with E-state index in [1.165, 1.54) is 0 Å². The molecule has 2 nitrogen and oxygen atoms in total. The molecule has 0 N–H and O–H groups in total. The zero-order valence-corrected chi connectivity index (χ0v) is 10.6. The van der Waals surface area contributed by atoms with Gasteiger partial charge in [-0.25, -0.2) is 0 Å². The molecule has 0 heterocycles. The van der Waals surface area contributed by atoms with Gasteiger partial charge in [0, 0.05) is 11.6 Å². The van der Waals surface area contributed by atoms with Crippen molar-refractivity contribution in [2.45, 2.75) is 13.3 Å².